The van der Waals surface area contributed by atoms with Crippen molar-refractivity contribution in [3.8, 4) is 0 Å². The zero-order chi connectivity index (χ0) is 10.1. The van der Waals surface area contributed by atoms with Crippen LogP contribution in [0.2, 0.25) is 0 Å². The summed E-state index contributed by atoms with van der Waals surface area (Å²) in [6.45, 7) is 6.45. The van der Waals surface area contributed by atoms with E-state index in [0.29, 0.717) is 0 Å². The zero-order valence-electron chi connectivity index (χ0n) is 8.79. The van der Waals surface area contributed by atoms with Crippen molar-refractivity contribution >= 4 is 27.5 Å². The molecule has 0 aliphatic heterocycles. The van der Waals surface area contributed by atoms with Crippen molar-refractivity contribution in [2.75, 3.05) is 0 Å². The molecule has 0 fully saturated rings. The topological polar surface area (TPSA) is 0 Å². The number of thiophene rings is 1. The van der Waals surface area contributed by atoms with Gasteiger partial charge in [0, 0.05) is 15.0 Å². The summed E-state index contributed by atoms with van der Waals surface area (Å²) in [7, 11) is 0. The molecular formula is C13H14S. The number of allylic oxidation sites excluding steroid dienone is 1. The van der Waals surface area contributed by atoms with Gasteiger partial charge in [-0.15, -0.1) is 11.3 Å². The first-order valence-corrected chi connectivity index (χ1v) is 5.67. The Bertz CT molecular complexity index is 489. The van der Waals surface area contributed by atoms with Crippen molar-refractivity contribution in [3.05, 3.63) is 40.3 Å². The van der Waals surface area contributed by atoms with E-state index in [4.69, 9.17) is 0 Å². The smallest absolute Gasteiger partial charge is 0.0354 e. The molecule has 0 saturated carbocycles. The van der Waals surface area contributed by atoms with Crippen molar-refractivity contribution in [3.63, 3.8) is 0 Å². The summed E-state index contributed by atoms with van der Waals surface area (Å²) in [6, 6.07) is 6.52. The Hall–Kier alpha value is -1.08. The van der Waals surface area contributed by atoms with Crippen molar-refractivity contribution in [1.29, 1.82) is 0 Å². The van der Waals surface area contributed by atoms with Crippen LogP contribution in [-0.4, -0.2) is 0 Å². The third-order valence-corrected chi connectivity index (χ3v) is 3.57. The van der Waals surface area contributed by atoms with Crippen LogP contribution in [0, 0.1) is 13.8 Å². The van der Waals surface area contributed by atoms with Crippen molar-refractivity contribution in [2.24, 2.45) is 0 Å². The molecule has 0 radical (unpaired) electrons. The lowest BCUT2D eigenvalue weighted by Crippen LogP contribution is -1.76. The number of rotatable bonds is 1. The molecule has 1 aromatic carbocycles. The minimum atomic E-state index is 1.37. The van der Waals surface area contributed by atoms with Crippen LogP contribution in [0.5, 0.6) is 0 Å². The van der Waals surface area contributed by atoms with Crippen LogP contribution in [0.3, 0.4) is 0 Å². The van der Waals surface area contributed by atoms with Gasteiger partial charge in [0.05, 0.1) is 0 Å². The lowest BCUT2D eigenvalue weighted by atomic mass is 10.1. The molecule has 1 heterocycles. The molecular weight excluding hydrogens is 188 g/mol. The van der Waals surface area contributed by atoms with Crippen LogP contribution in [0.15, 0.2) is 24.3 Å². The Morgan fingerprint density at radius 3 is 2.71 bits per heavy atom. The monoisotopic (exact) mass is 202 g/mol. The Morgan fingerprint density at radius 2 is 2.00 bits per heavy atom. The SMILES string of the molecule is C/C=C\c1c(C)sc2cccc(C)c12. The maximum absolute atomic E-state index is 2.21. The van der Waals surface area contributed by atoms with Gasteiger partial charge < -0.3 is 0 Å². The van der Waals surface area contributed by atoms with Crippen LogP contribution in [-0.2, 0) is 0 Å². The van der Waals surface area contributed by atoms with Gasteiger partial charge in [-0.3, -0.25) is 0 Å². The highest BCUT2D eigenvalue weighted by molar-refractivity contribution is 7.19. The highest BCUT2D eigenvalue weighted by Crippen LogP contribution is 2.33. The predicted molar refractivity (Wildman–Crippen MR) is 66.0 cm³/mol. The summed E-state index contributed by atoms with van der Waals surface area (Å²) in [5.41, 5.74) is 2.77. The summed E-state index contributed by atoms with van der Waals surface area (Å²) >= 11 is 1.88. The van der Waals surface area contributed by atoms with E-state index in [9.17, 15) is 0 Å². The maximum atomic E-state index is 2.21. The molecule has 1 heteroatoms. The Labute approximate surface area is 88.9 Å². The molecule has 0 spiro atoms. The molecule has 0 aliphatic rings. The van der Waals surface area contributed by atoms with E-state index < -0.39 is 0 Å². The van der Waals surface area contributed by atoms with Crippen LogP contribution in [0.4, 0.5) is 0 Å². The van der Waals surface area contributed by atoms with Gasteiger partial charge in [-0.1, -0.05) is 24.3 Å². The Kier molecular flexibility index (Phi) is 2.42. The van der Waals surface area contributed by atoms with Gasteiger partial charge in [0.15, 0.2) is 0 Å². The second-order valence-corrected chi connectivity index (χ2v) is 4.78. The average Bonchev–Trinajstić information content (AvgIpc) is 2.45. The van der Waals surface area contributed by atoms with E-state index in [1.165, 1.54) is 26.1 Å². The van der Waals surface area contributed by atoms with E-state index in [1.54, 1.807) is 0 Å². The number of hydrogen-bond acceptors (Lipinski definition) is 1. The van der Waals surface area contributed by atoms with Gasteiger partial charge >= 0.3 is 0 Å². The van der Waals surface area contributed by atoms with E-state index >= 15 is 0 Å². The zero-order valence-corrected chi connectivity index (χ0v) is 9.61. The fourth-order valence-electron chi connectivity index (χ4n) is 1.83. The van der Waals surface area contributed by atoms with Gasteiger partial charge in [0.25, 0.3) is 0 Å². The molecule has 72 valence electrons. The fourth-order valence-corrected chi connectivity index (χ4v) is 2.96. The van der Waals surface area contributed by atoms with Crippen LogP contribution in [0.25, 0.3) is 16.2 Å². The maximum Gasteiger partial charge on any atom is 0.0354 e. The molecule has 2 rings (SSSR count). The number of hydrogen-bond donors (Lipinski definition) is 0. The van der Waals surface area contributed by atoms with Crippen molar-refractivity contribution in [2.45, 2.75) is 20.8 Å². The molecule has 0 amide bonds. The molecule has 2 aromatic rings. The van der Waals surface area contributed by atoms with Gasteiger partial charge in [-0.25, -0.2) is 0 Å². The fraction of sp³-hybridized carbons (Fsp3) is 0.231. The molecule has 0 nitrogen and oxygen atoms in total. The Balaban J connectivity index is 2.86. The number of aryl methyl sites for hydroxylation is 2. The molecule has 0 aliphatic carbocycles. The standard InChI is InChI=1S/C13H14S/c1-4-6-11-10(3)14-12-8-5-7-9(2)13(11)12/h4-8H,1-3H3/b6-4-. The second kappa shape index (κ2) is 3.58. The molecule has 14 heavy (non-hydrogen) atoms. The summed E-state index contributed by atoms with van der Waals surface area (Å²) in [5, 5.41) is 1.42. The molecule has 0 saturated heterocycles. The van der Waals surface area contributed by atoms with E-state index in [0.717, 1.165) is 0 Å². The third kappa shape index (κ3) is 1.38. The average molecular weight is 202 g/mol. The number of benzene rings is 1. The summed E-state index contributed by atoms with van der Waals surface area (Å²) in [5.74, 6) is 0. The summed E-state index contributed by atoms with van der Waals surface area (Å²) in [4.78, 5) is 1.41. The second-order valence-electron chi connectivity index (χ2n) is 3.52. The minimum absolute atomic E-state index is 1.37. The minimum Gasteiger partial charge on any atom is -0.140 e. The van der Waals surface area contributed by atoms with Gasteiger partial charge in [-0.05, 0) is 38.0 Å². The molecule has 0 N–H and O–H groups in total. The lowest BCUT2D eigenvalue weighted by Gasteiger charge is -1.97. The number of fused-ring (bicyclic) bond motifs is 1. The van der Waals surface area contributed by atoms with E-state index in [1.807, 2.05) is 11.3 Å². The van der Waals surface area contributed by atoms with E-state index in [-0.39, 0.29) is 0 Å². The van der Waals surface area contributed by atoms with Crippen molar-refractivity contribution < 1.29 is 0 Å². The first kappa shape index (κ1) is 9.47. The third-order valence-electron chi connectivity index (χ3n) is 2.48. The predicted octanol–water partition coefficient (Wildman–Crippen LogP) is 4.55. The van der Waals surface area contributed by atoms with Gasteiger partial charge in [0.2, 0.25) is 0 Å². The van der Waals surface area contributed by atoms with Crippen molar-refractivity contribution in [1.82, 2.24) is 0 Å². The summed E-state index contributed by atoms with van der Waals surface area (Å²) in [6.07, 6.45) is 4.32. The summed E-state index contributed by atoms with van der Waals surface area (Å²) < 4.78 is 1.40. The Morgan fingerprint density at radius 1 is 1.21 bits per heavy atom. The first-order valence-electron chi connectivity index (χ1n) is 4.85. The van der Waals surface area contributed by atoms with Crippen LogP contribution in [0.1, 0.15) is 22.9 Å². The first-order chi connectivity index (χ1) is 6.74. The van der Waals surface area contributed by atoms with Crippen LogP contribution >= 0.6 is 11.3 Å². The van der Waals surface area contributed by atoms with Gasteiger partial charge in [0.1, 0.15) is 0 Å². The normalized spacial score (nSPS) is 11.6. The largest absolute Gasteiger partial charge is 0.140 e. The quantitative estimate of drug-likeness (QED) is 0.636. The highest BCUT2D eigenvalue weighted by Gasteiger charge is 2.07. The molecule has 0 bridgehead atoms. The molecule has 1 aromatic heterocycles. The lowest BCUT2D eigenvalue weighted by molar-refractivity contribution is 1.52. The molecule has 0 atom stereocenters. The van der Waals surface area contributed by atoms with Crippen LogP contribution < -0.4 is 0 Å². The molecule has 0 unspecified atom stereocenters. The van der Waals surface area contributed by atoms with E-state index in [2.05, 4.69) is 51.1 Å². The highest BCUT2D eigenvalue weighted by atomic mass is 32.1. The van der Waals surface area contributed by atoms with Gasteiger partial charge in [-0.2, -0.15) is 0 Å².